The summed E-state index contributed by atoms with van der Waals surface area (Å²) in [6.45, 7) is 10.1. The molecular weight excluding hydrogens is 240 g/mol. The highest BCUT2D eigenvalue weighted by Gasteiger charge is 2.20. The molecule has 106 valence electrons. The predicted octanol–water partition coefficient (Wildman–Crippen LogP) is 2.41. The molecular formula is C14H24N4O. The number of pyridine rings is 1. The number of amides is 1. The summed E-state index contributed by atoms with van der Waals surface area (Å²) in [4.78, 5) is 16.6. The molecule has 1 aromatic rings. The molecule has 5 nitrogen and oxygen atoms in total. The van der Waals surface area contributed by atoms with Gasteiger partial charge in [0.15, 0.2) is 0 Å². The third kappa shape index (κ3) is 4.21. The fourth-order valence-corrected chi connectivity index (χ4v) is 1.52. The zero-order valence-electron chi connectivity index (χ0n) is 12.4. The molecule has 0 saturated heterocycles. The first-order chi connectivity index (χ1) is 8.79. The van der Waals surface area contributed by atoms with Gasteiger partial charge in [-0.05, 0) is 38.3 Å². The van der Waals surface area contributed by atoms with Crippen molar-refractivity contribution in [3.05, 3.63) is 23.4 Å². The van der Waals surface area contributed by atoms with Gasteiger partial charge in [0.1, 0.15) is 5.82 Å². The Morgan fingerprint density at radius 1 is 1.42 bits per heavy atom. The van der Waals surface area contributed by atoms with Crippen LogP contribution in [-0.2, 0) is 0 Å². The van der Waals surface area contributed by atoms with E-state index in [1.165, 1.54) is 0 Å². The van der Waals surface area contributed by atoms with Crippen molar-refractivity contribution >= 4 is 11.7 Å². The van der Waals surface area contributed by atoms with Gasteiger partial charge in [-0.3, -0.25) is 4.79 Å². The van der Waals surface area contributed by atoms with Gasteiger partial charge in [0.05, 0.1) is 0 Å². The zero-order valence-corrected chi connectivity index (χ0v) is 12.4. The number of nitrogen functional groups attached to an aromatic ring is 1. The number of hydrazine groups is 1. The third-order valence-electron chi connectivity index (χ3n) is 3.18. The van der Waals surface area contributed by atoms with Crippen molar-refractivity contribution in [2.45, 2.75) is 52.5 Å². The van der Waals surface area contributed by atoms with Gasteiger partial charge in [0, 0.05) is 16.8 Å². The maximum atomic E-state index is 12.3. The normalized spacial score (nSPS) is 11.5. The second-order valence-electron chi connectivity index (χ2n) is 5.66. The quantitative estimate of drug-likeness (QED) is 0.563. The van der Waals surface area contributed by atoms with Crippen LogP contribution in [0.4, 0.5) is 5.82 Å². The SMILES string of the molecule is CCC(C)(C)NC(=O)c1cc(NN)nc(C(C)C)c1. The van der Waals surface area contributed by atoms with E-state index in [-0.39, 0.29) is 17.4 Å². The molecule has 0 aliphatic heterocycles. The van der Waals surface area contributed by atoms with Gasteiger partial charge in [-0.1, -0.05) is 20.8 Å². The summed E-state index contributed by atoms with van der Waals surface area (Å²) in [7, 11) is 0. The van der Waals surface area contributed by atoms with E-state index in [2.05, 4.69) is 15.7 Å². The van der Waals surface area contributed by atoms with Crippen LogP contribution in [0.1, 0.15) is 63.0 Å². The van der Waals surface area contributed by atoms with Crippen molar-refractivity contribution < 1.29 is 4.79 Å². The molecule has 0 radical (unpaired) electrons. The van der Waals surface area contributed by atoms with E-state index in [0.29, 0.717) is 11.4 Å². The Morgan fingerprint density at radius 3 is 2.53 bits per heavy atom. The maximum Gasteiger partial charge on any atom is 0.251 e. The molecule has 5 heteroatoms. The predicted molar refractivity (Wildman–Crippen MR) is 78.0 cm³/mol. The Bertz CT molecular complexity index is 455. The first-order valence-electron chi connectivity index (χ1n) is 6.60. The smallest absolute Gasteiger partial charge is 0.251 e. The standard InChI is InChI=1S/C14H24N4O/c1-6-14(4,5)17-13(19)10-7-11(9(2)3)16-12(8-10)18-15/h7-9H,6,15H2,1-5H3,(H,16,18)(H,17,19). The summed E-state index contributed by atoms with van der Waals surface area (Å²) in [5.41, 5.74) is 3.70. The Morgan fingerprint density at radius 2 is 2.05 bits per heavy atom. The minimum absolute atomic E-state index is 0.104. The Hall–Kier alpha value is -1.62. The van der Waals surface area contributed by atoms with E-state index in [4.69, 9.17) is 5.84 Å². The molecule has 0 aromatic carbocycles. The van der Waals surface area contributed by atoms with Crippen LogP contribution < -0.4 is 16.6 Å². The number of aromatic nitrogens is 1. The van der Waals surface area contributed by atoms with Gasteiger partial charge in [0.25, 0.3) is 5.91 Å². The lowest BCUT2D eigenvalue weighted by Gasteiger charge is -2.24. The number of anilines is 1. The van der Waals surface area contributed by atoms with Crippen LogP contribution in [0.25, 0.3) is 0 Å². The number of carbonyl (C=O) groups excluding carboxylic acids is 1. The summed E-state index contributed by atoms with van der Waals surface area (Å²) in [6.07, 6.45) is 0.864. The summed E-state index contributed by atoms with van der Waals surface area (Å²) in [5, 5.41) is 3.00. The number of hydrogen-bond acceptors (Lipinski definition) is 4. The van der Waals surface area contributed by atoms with Gasteiger partial charge in [0.2, 0.25) is 0 Å². The maximum absolute atomic E-state index is 12.3. The molecule has 0 fully saturated rings. The molecule has 0 saturated carbocycles. The van der Waals surface area contributed by atoms with Crippen LogP contribution in [0.3, 0.4) is 0 Å². The van der Waals surface area contributed by atoms with E-state index in [9.17, 15) is 4.79 Å². The summed E-state index contributed by atoms with van der Waals surface area (Å²) in [5.74, 6) is 6.03. The molecule has 0 spiro atoms. The van der Waals surface area contributed by atoms with Crippen LogP contribution in [-0.4, -0.2) is 16.4 Å². The van der Waals surface area contributed by atoms with E-state index in [0.717, 1.165) is 12.1 Å². The average molecular weight is 264 g/mol. The van der Waals surface area contributed by atoms with E-state index < -0.39 is 0 Å². The van der Waals surface area contributed by atoms with Crippen molar-refractivity contribution in [3.63, 3.8) is 0 Å². The number of carbonyl (C=O) groups is 1. The minimum Gasteiger partial charge on any atom is -0.347 e. The highest BCUT2D eigenvalue weighted by atomic mass is 16.1. The molecule has 1 amide bonds. The van der Waals surface area contributed by atoms with Gasteiger partial charge >= 0.3 is 0 Å². The zero-order chi connectivity index (χ0) is 14.6. The number of nitrogens with zero attached hydrogens (tertiary/aromatic N) is 1. The lowest BCUT2D eigenvalue weighted by Crippen LogP contribution is -2.42. The molecule has 1 heterocycles. The fraction of sp³-hybridized carbons (Fsp3) is 0.571. The van der Waals surface area contributed by atoms with Crippen LogP contribution in [0.2, 0.25) is 0 Å². The molecule has 0 aliphatic carbocycles. The van der Waals surface area contributed by atoms with Crippen LogP contribution in [0.15, 0.2) is 12.1 Å². The largest absolute Gasteiger partial charge is 0.347 e. The van der Waals surface area contributed by atoms with Crippen molar-refractivity contribution in [3.8, 4) is 0 Å². The van der Waals surface area contributed by atoms with Gasteiger partial charge in [-0.15, -0.1) is 0 Å². The number of nitrogens with two attached hydrogens (primary N) is 1. The van der Waals surface area contributed by atoms with Crippen LogP contribution >= 0.6 is 0 Å². The lowest BCUT2D eigenvalue weighted by molar-refractivity contribution is 0.0911. The molecule has 0 unspecified atom stereocenters. The first kappa shape index (κ1) is 15.4. The molecule has 1 aromatic heterocycles. The summed E-state index contributed by atoms with van der Waals surface area (Å²) in [6, 6.07) is 3.47. The number of rotatable bonds is 5. The van der Waals surface area contributed by atoms with E-state index in [1.807, 2.05) is 40.7 Å². The van der Waals surface area contributed by atoms with Crippen molar-refractivity contribution in [1.82, 2.24) is 10.3 Å². The van der Waals surface area contributed by atoms with Crippen molar-refractivity contribution in [2.24, 2.45) is 5.84 Å². The molecule has 1 rings (SSSR count). The topological polar surface area (TPSA) is 80.0 Å². The summed E-state index contributed by atoms with van der Waals surface area (Å²) >= 11 is 0. The Labute approximate surface area is 115 Å². The molecule has 0 atom stereocenters. The minimum atomic E-state index is -0.228. The van der Waals surface area contributed by atoms with Crippen LogP contribution in [0.5, 0.6) is 0 Å². The van der Waals surface area contributed by atoms with Crippen LogP contribution in [0, 0.1) is 0 Å². The Balaban J connectivity index is 3.05. The van der Waals surface area contributed by atoms with Crippen molar-refractivity contribution in [1.29, 1.82) is 0 Å². The Kier molecular flexibility index (Phi) is 4.89. The number of hydrogen-bond donors (Lipinski definition) is 3. The molecule has 0 bridgehead atoms. The fourth-order valence-electron chi connectivity index (χ4n) is 1.52. The van der Waals surface area contributed by atoms with Gasteiger partial charge in [-0.25, -0.2) is 10.8 Å². The molecule has 0 aliphatic rings. The second-order valence-corrected chi connectivity index (χ2v) is 5.66. The lowest BCUT2D eigenvalue weighted by atomic mass is 10.0. The highest BCUT2D eigenvalue weighted by molar-refractivity contribution is 5.95. The molecule has 4 N–H and O–H groups in total. The number of nitrogens with one attached hydrogen (secondary N) is 2. The first-order valence-corrected chi connectivity index (χ1v) is 6.60. The summed E-state index contributed by atoms with van der Waals surface area (Å²) < 4.78 is 0. The molecule has 19 heavy (non-hydrogen) atoms. The van der Waals surface area contributed by atoms with E-state index in [1.54, 1.807) is 6.07 Å². The van der Waals surface area contributed by atoms with Gasteiger partial charge < -0.3 is 10.7 Å². The van der Waals surface area contributed by atoms with Gasteiger partial charge in [-0.2, -0.15) is 0 Å². The second kappa shape index (κ2) is 6.02. The highest BCUT2D eigenvalue weighted by Crippen LogP contribution is 2.18. The van der Waals surface area contributed by atoms with Crippen molar-refractivity contribution in [2.75, 3.05) is 5.43 Å². The average Bonchev–Trinajstić information content (AvgIpc) is 2.37. The monoisotopic (exact) mass is 264 g/mol. The van der Waals surface area contributed by atoms with E-state index >= 15 is 0 Å². The third-order valence-corrected chi connectivity index (χ3v) is 3.18.